The predicted molar refractivity (Wildman–Crippen MR) is 51.9 cm³/mol. The van der Waals surface area contributed by atoms with Gasteiger partial charge in [0.1, 0.15) is 0 Å². The molecule has 1 rings (SSSR count). The average molecular weight is 318 g/mol. The number of alkyl halides is 3. The van der Waals surface area contributed by atoms with E-state index in [1.54, 1.807) is 0 Å². The molecule has 14 heavy (non-hydrogen) atoms. The zero-order valence-electron chi connectivity index (χ0n) is 6.88. The normalized spacial score (nSPS) is 11.7. The molecule has 0 atom stereocenters. The van der Waals surface area contributed by atoms with Crippen LogP contribution in [0.3, 0.4) is 0 Å². The first-order valence-corrected chi connectivity index (χ1v) is 4.76. The lowest BCUT2D eigenvalue weighted by Crippen LogP contribution is -2.25. The molecule has 78 valence electrons. The van der Waals surface area contributed by atoms with Crippen molar-refractivity contribution in [3.8, 4) is 0 Å². The first kappa shape index (κ1) is 11.5. The van der Waals surface area contributed by atoms with E-state index in [1.807, 2.05) is 22.6 Å². The highest BCUT2D eigenvalue weighted by Gasteiger charge is 2.26. The van der Waals surface area contributed by atoms with E-state index in [0.717, 1.165) is 4.68 Å². The Hall–Kier alpha value is -0.600. The van der Waals surface area contributed by atoms with Gasteiger partial charge in [-0.05, 0) is 22.6 Å². The van der Waals surface area contributed by atoms with E-state index in [4.69, 9.17) is 0 Å². The summed E-state index contributed by atoms with van der Waals surface area (Å²) in [5.41, 5.74) is -0.513. The SMILES string of the molecule is O=c1cc(I)cnn1CCC(F)(F)F. The van der Waals surface area contributed by atoms with Gasteiger partial charge in [0.2, 0.25) is 0 Å². The van der Waals surface area contributed by atoms with E-state index in [1.165, 1.54) is 12.3 Å². The van der Waals surface area contributed by atoms with Gasteiger partial charge in [-0.1, -0.05) is 0 Å². The highest BCUT2D eigenvalue weighted by Crippen LogP contribution is 2.19. The van der Waals surface area contributed by atoms with Gasteiger partial charge in [-0.2, -0.15) is 18.3 Å². The Morgan fingerprint density at radius 3 is 2.64 bits per heavy atom. The molecule has 0 radical (unpaired) electrons. The van der Waals surface area contributed by atoms with Crippen LogP contribution >= 0.6 is 22.6 Å². The minimum absolute atomic E-state index is 0.431. The van der Waals surface area contributed by atoms with E-state index < -0.39 is 24.7 Å². The number of nitrogens with zero attached hydrogens (tertiary/aromatic N) is 2. The van der Waals surface area contributed by atoms with E-state index in [0.29, 0.717) is 3.57 Å². The summed E-state index contributed by atoms with van der Waals surface area (Å²) in [5.74, 6) is 0. The van der Waals surface area contributed by atoms with Crippen molar-refractivity contribution in [2.75, 3.05) is 0 Å². The molecular weight excluding hydrogens is 312 g/mol. The second-order valence-electron chi connectivity index (χ2n) is 2.60. The molecule has 0 bridgehead atoms. The van der Waals surface area contributed by atoms with Crippen LogP contribution in [0.5, 0.6) is 0 Å². The van der Waals surface area contributed by atoms with Crippen molar-refractivity contribution >= 4 is 22.6 Å². The molecule has 0 unspecified atom stereocenters. The molecule has 0 aliphatic carbocycles. The summed E-state index contributed by atoms with van der Waals surface area (Å²) in [5, 5.41) is 3.58. The van der Waals surface area contributed by atoms with Gasteiger partial charge in [0, 0.05) is 9.64 Å². The van der Waals surface area contributed by atoms with Crippen molar-refractivity contribution in [3.05, 3.63) is 26.2 Å². The summed E-state index contributed by atoms with van der Waals surface area (Å²) in [7, 11) is 0. The van der Waals surface area contributed by atoms with E-state index in [2.05, 4.69) is 5.10 Å². The largest absolute Gasteiger partial charge is 0.390 e. The third-order valence-electron chi connectivity index (χ3n) is 1.44. The minimum atomic E-state index is -4.26. The maximum Gasteiger partial charge on any atom is 0.390 e. The van der Waals surface area contributed by atoms with Gasteiger partial charge in [-0.3, -0.25) is 4.79 Å². The minimum Gasteiger partial charge on any atom is -0.268 e. The summed E-state index contributed by atoms with van der Waals surface area (Å²) < 4.78 is 36.8. The highest BCUT2D eigenvalue weighted by atomic mass is 127. The molecule has 0 amide bonds. The van der Waals surface area contributed by atoms with Crippen molar-refractivity contribution in [3.63, 3.8) is 0 Å². The van der Waals surface area contributed by atoms with Gasteiger partial charge < -0.3 is 0 Å². The fourth-order valence-corrected chi connectivity index (χ4v) is 1.20. The van der Waals surface area contributed by atoms with Crippen molar-refractivity contribution in [2.24, 2.45) is 0 Å². The van der Waals surface area contributed by atoms with Gasteiger partial charge in [0.25, 0.3) is 5.56 Å². The molecule has 0 aromatic carbocycles. The molecular formula is C7H6F3IN2O. The quantitative estimate of drug-likeness (QED) is 0.780. The molecule has 0 saturated carbocycles. The van der Waals surface area contributed by atoms with Crippen LogP contribution in [0.2, 0.25) is 0 Å². The molecule has 1 heterocycles. The van der Waals surface area contributed by atoms with E-state index in [-0.39, 0.29) is 0 Å². The third kappa shape index (κ3) is 3.64. The van der Waals surface area contributed by atoms with Crippen LogP contribution < -0.4 is 5.56 Å². The molecule has 0 aliphatic heterocycles. The van der Waals surface area contributed by atoms with E-state index in [9.17, 15) is 18.0 Å². The summed E-state index contributed by atoms with van der Waals surface area (Å²) in [6, 6.07) is 1.24. The van der Waals surface area contributed by atoms with Gasteiger partial charge in [-0.25, -0.2) is 4.68 Å². The summed E-state index contributed by atoms with van der Waals surface area (Å²) in [4.78, 5) is 11.1. The molecule has 7 heteroatoms. The van der Waals surface area contributed by atoms with Gasteiger partial charge in [-0.15, -0.1) is 0 Å². The van der Waals surface area contributed by atoms with E-state index >= 15 is 0 Å². The third-order valence-corrected chi connectivity index (χ3v) is 2.03. The summed E-state index contributed by atoms with van der Waals surface area (Å²) >= 11 is 1.87. The van der Waals surface area contributed by atoms with Gasteiger partial charge >= 0.3 is 6.18 Å². The second kappa shape index (κ2) is 4.28. The van der Waals surface area contributed by atoms with Crippen LogP contribution in [0.1, 0.15) is 6.42 Å². The molecule has 3 nitrogen and oxygen atoms in total. The Bertz CT molecular complexity index is 374. The zero-order valence-corrected chi connectivity index (χ0v) is 9.04. The monoisotopic (exact) mass is 318 g/mol. The van der Waals surface area contributed by atoms with Crippen LogP contribution in [0, 0.1) is 3.57 Å². The Kier molecular flexibility index (Phi) is 3.51. The lowest BCUT2D eigenvalue weighted by atomic mass is 10.4. The fourth-order valence-electron chi connectivity index (χ4n) is 0.812. The number of rotatable bonds is 2. The van der Waals surface area contributed by atoms with Crippen molar-refractivity contribution in [1.82, 2.24) is 9.78 Å². The topological polar surface area (TPSA) is 34.9 Å². The number of hydrogen-bond acceptors (Lipinski definition) is 2. The van der Waals surface area contributed by atoms with Gasteiger partial charge in [0.15, 0.2) is 0 Å². The fraction of sp³-hybridized carbons (Fsp3) is 0.429. The second-order valence-corrected chi connectivity index (χ2v) is 3.85. The standard InChI is InChI=1S/C7H6F3IN2O/c8-7(9,10)1-2-13-6(14)3-5(11)4-12-13/h3-4H,1-2H2. The number of aryl methyl sites for hydroxylation is 1. The van der Waals surface area contributed by atoms with Crippen LogP contribution in [0.25, 0.3) is 0 Å². The van der Waals surface area contributed by atoms with Crippen LogP contribution in [0.4, 0.5) is 13.2 Å². The molecule has 1 aromatic rings. The molecule has 1 aromatic heterocycles. The van der Waals surface area contributed by atoms with Crippen LogP contribution in [-0.4, -0.2) is 16.0 Å². The predicted octanol–water partition coefficient (Wildman–Crippen LogP) is 1.80. The summed E-state index contributed by atoms with van der Waals surface area (Å²) in [6.07, 6.45) is -3.96. The average Bonchev–Trinajstić information content (AvgIpc) is 2.00. The van der Waals surface area contributed by atoms with Crippen molar-refractivity contribution in [1.29, 1.82) is 0 Å². The van der Waals surface area contributed by atoms with Crippen LogP contribution in [-0.2, 0) is 6.54 Å². The first-order valence-electron chi connectivity index (χ1n) is 3.68. The Morgan fingerprint density at radius 1 is 1.50 bits per heavy atom. The molecule has 0 saturated heterocycles. The summed E-state index contributed by atoms with van der Waals surface area (Å²) in [6.45, 7) is -0.431. The Morgan fingerprint density at radius 2 is 2.14 bits per heavy atom. The Balaban J connectivity index is 2.74. The van der Waals surface area contributed by atoms with Crippen molar-refractivity contribution in [2.45, 2.75) is 19.1 Å². The molecule has 0 fully saturated rings. The maximum atomic E-state index is 11.8. The smallest absolute Gasteiger partial charge is 0.268 e. The number of hydrogen-bond donors (Lipinski definition) is 0. The molecule has 0 aliphatic rings. The lowest BCUT2D eigenvalue weighted by molar-refractivity contribution is -0.137. The first-order chi connectivity index (χ1) is 6.38. The number of halogens is 4. The van der Waals surface area contributed by atoms with Gasteiger partial charge in [0.05, 0.1) is 19.2 Å². The lowest BCUT2D eigenvalue weighted by Gasteiger charge is -2.06. The highest BCUT2D eigenvalue weighted by molar-refractivity contribution is 14.1. The zero-order chi connectivity index (χ0) is 10.8. The Labute approximate surface area is 91.1 Å². The maximum absolute atomic E-state index is 11.8. The van der Waals surface area contributed by atoms with Crippen molar-refractivity contribution < 1.29 is 13.2 Å². The molecule has 0 spiro atoms. The number of aromatic nitrogens is 2. The molecule has 0 N–H and O–H groups in total. The van der Waals surface area contributed by atoms with Crippen LogP contribution in [0.15, 0.2) is 17.1 Å².